The van der Waals surface area contributed by atoms with Crippen molar-refractivity contribution < 1.29 is 4.74 Å². The predicted octanol–water partition coefficient (Wildman–Crippen LogP) is 1.90. The highest BCUT2D eigenvalue weighted by Crippen LogP contribution is 2.50. The van der Waals surface area contributed by atoms with Crippen LogP contribution in [-0.4, -0.2) is 70.0 Å². The van der Waals surface area contributed by atoms with Crippen LogP contribution in [0.1, 0.15) is 30.1 Å². The summed E-state index contributed by atoms with van der Waals surface area (Å²) in [5, 5.41) is 8.67. The predicted molar refractivity (Wildman–Crippen MR) is 103 cm³/mol. The first-order valence-electron chi connectivity index (χ1n) is 10.2. The van der Waals surface area contributed by atoms with Gasteiger partial charge in [-0.05, 0) is 18.4 Å². The fourth-order valence-electron chi connectivity index (χ4n) is 5.39. The quantitative estimate of drug-likeness (QED) is 0.826. The van der Waals surface area contributed by atoms with Crippen molar-refractivity contribution in [2.24, 2.45) is 12.5 Å². The second kappa shape index (κ2) is 7.00. The van der Waals surface area contributed by atoms with E-state index >= 15 is 0 Å². The molecule has 5 rings (SSSR count). The van der Waals surface area contributed by atoms with Crippen molar-refractivity contribution in [2.75, 3.05) is 39.4 Å². The molecule has 1 atom stereocenters. The Morgan fingerprint density at radius 3 is 2.59 bits per heavy atom. The van der Waals surface area contributed by atoms with Crippen molar-refractivity contribution >= 4 is 0 Å². The van der Waals surface area contributed by atoms with Crippen LogP contribution in [0.3, 0.4) is 0 Å². The van der Waals surface area contributed by atoms with Crippen molar-refractivity contribution in [3.63, 3.8) is 0 Å². The molecule has 6 nitrogen and oxygen atoms in total. The molecule has 4 heterocycles. The van der Waals surface area contributed by atoms with Crippen LogP contribution in [-0.2, 0) is 18.3 Å². The standard InChI is InChI=1S/C21H29N5O/c1-24-16-22-23-20(24)19-12-25(11-17-5-3-2-4-6-17)13-21(19)14-26(15-21)18-7-9-27-10-8-18/h2-6,16,18-19H,7-15H2,1H3. The van der Waals surface area contributed by atoms with Gasteiger partial charge >= 0.3 is 0 Å². The molecule has 0 bridgehead atoms. The minimum Gasteiger partial charge on any atom is -0.381 e. The van der Waals surface area contributed by atoms with Gasteiger partial charge < -0.3 is 9.30 Å². The Morgan fingerprint density at radius 2 is 1.89 bits per heavy atom. The Kier molecular flexibility index (Phi) is 4.50. The minimum absolute atomic E-state index is 0.313. The SMILES string of the molecule is Cn1cnnc1C1CN(Cc2ccccc2)CC12CN(C1CCOCC1)C2. The number of aryl methyl sites for hydroxylation is 1. The van der Waals surface area contributed by atoms with Crippen molar-refractivity contribution in [3.8, 4) is 0 Å². The molecule has 27 heavy (non-hydrogen) atoms. The average molecular weight is 367 g/mol. The summed E-state index contributed by atoms with van der Waals surface area (Å²) in [4.78, 5) is 5.31. The first-order valence-corrected chi connectivity index (χ1v) is 10.2. The Balaban J connectivity index is 1.34. The van der Waals surface area contributed by atoms with E-state index in [1.54, 1.807) is 0 Å². The second-order valence-electron chi connectivity index (χ2n) is 8.62. The van der Waals surface area contributed by atoms with E-state index in [4.69, 9.17) is 4.74 Å². The summed E-state index contributed by atoms with van der Waals surface area (Å²) < 4.78 is 7.68. The van der Waals surface area contributed by atoms with E-state index in [1.807, 2.05) is 6.33 Å². The average Bonchev–Trinajstić information content (AvgIpc) is 3.25. The maximum absolute atomic E-state index is 5.56. The fourth-order valence-corrected chi connectivity index (χ4v) is 5.39. The van der Waals surface area contributed by atoms with Crippen LogP contribution < -0.4 is 0 Å². The molecule has 3 aliphatic heterocycles. The number of rotatable bonds is 4. The lowest BCUT2D eigenvalue weighted by atomic mass is 9.70. The summed E-state index contributed by atoms with van der Waals surface area (Å²) >= 11 is 0. The van der Waals surface area contributed by atoms with E-state index in [1.165, 1.54) is 31.5 Å². The third-order valence-electron chi connectivity index (χ3n) is 6.77. The molecule has 1 aromatic heterocycles. The molecule has 144 valence electrons. The van der Waals surface area contributed by atoms with Gasteiger partial charge in [0.2, 0.25) is 0 Å². The molecule has 6 heteroatoms. The summed E-state index contributed by atoms with van der Waals surface area (Å²) in [6.07, 6.45) is 4.20. The van der Waals surface area contributed by atoms with Gasteiger partial charge in [0.15, 0.2) is 0 Å². The molecule has 3 fully saturated rings. The van der Waals surface area contributed by atoms with Gasteiger partial charge in [-0.2, -0.15) is 0 Å². The molecular formula is C21H29N5O. The first kappa shape index (κ1) is 17.3. The van der Waals surface area contributed by atoms with E-state index in [-0.39, 0.29) is 0 Å². The highest BCUT2D eigenvalue weighted by Gasteiger charge is 2.56. The van der Waals surface area contributed by atoms with Gasteiger partial charge in [0.1, 0.15) is 12.2 Å². The summed E-state index contributed by atoms with van der Waals surface area (Å²) in [5.74, 6) is 1.61. The highest BCUT2D eigenvalue weighted by atomic mass is 16.5. The monoisotopic (exact) mass is 367 g/mol. The number of benzene rings is 1. The Bertz CT molecular complexity index is 764. The third kappa shape index (κ3) is 3.20. The zero-order chi connectivity index (χ0) is 18.3. The van der Waals surface area contributed by atoms with Crippen LogP contribution in [0.15, 0.2) is 36.7 Å². The number of ether oxygens (including phenoxy) is 1. The zero-order valence-corrected chi connectivity index (χ0v) is 16.1. The molecule has 1 unspecified atom stereocenters. The molecule has 3 aliphatic rings. The lowest BCUT2D eigenvalue weighted by Crippen LogP contribution is -2.63. The van der Waals surface area contributed by atoms with E-state index < -0.39 is 0 Å². The Labute approximate surface area is 161 Å². The molecule has 0 amide bonds. The molecule has 0 radical (unpaired) electrons. The lowest BCUT2D eigenvalue weighted by Gasteiger charge is -2.54. The van der Waals surface area contributed by atoms with Crippen molar-refractivity contribution in [1.29, 1.82) is 0 Å². The van der Waals surface area contributed by atoms with Crippen molar-refractivity contribution in [1.82, 2.24) is 24.6 Å². The van der Waals surface area contributed by atoms with E-state index in [0.29, 0.717) is 17.4 Å². The number of likely N-dealkylation sites (tertiary alicyclic amines) is 2. The molecule has 0 N–H and O–H groups in total. The normalized spacial score (nSPS) is 26.5. The number of hydrogen-bond donors (Lipinski definition) is 0. The molecule has 1 aromatic carbocycles. The van der Waals surface area contributed by atoms with Gasteiger partial charge in [0.05, 0.1) is 0 Å². The largest absolute Gasteiger partial charge is 0.381 e. The second-order valence-corrected chi connectivity index (χ2v) is 8.62. The fraction of sp³-hybridized carbons (Fsp3) is 0.619. The number of aromatic nitrogens is 3. The van der Waals surface area contributed by atoms with E-state index in [2.05, 4.69) is 61.9 Å². The Morgan fingerprint density at radius 1 is 1.11 bits per heavy atom. The van der Waals surface area contributed by atoms with Crippen molar-refractivity contribution in [3.05, 3.63) is 48.0 Å². The summed E-state index contributed by atoms with van der Waals surface area (Å²) in [5.41, 5.74) is 1.71. The molecule has 2 aromatic rings. The smallest absolute Gasteiger partial charge is 0.137 e. The Hall–Kier alpha value is -1.76. The van der Waals surface area contributed by atoms with Crippen LogP contribution >= 0.6 is 0 Å². The summed E-state index contributed by atoms with van der Waals surface area (Å²) in [6, 6.07) is 11.5. The maximum atomic E-state index is 5.56. The van der Waals surface area contributed by atoms with Crippen LogP contribution in [0, 0.1) is 5.41 Å². The zero-order valence-electron chi connectivity index (χ0n) is 16.1. The molecular weight excluding hydrogens is 338 g/mol. The van der Waals surface area contributed by atoms with Gasteiger partial charge in [-0.15, -0.1) is 10.2 Å². The van der Waals surface area contributed by atoms with E-state index in [9.17, 15) is 0 Å². The molecule has 1 spiro atoms. The van der Waals surface area contributed by atoms with Gasteiger partial charge in [-0.3, -0.25) is 9.80 Å². The summed E-state index contributed by atoms with van der Waals surface area (Å²) in [6.45, 7) is 7.44. The van der Waals surface area contributed by atoms with Gasteiger partial charge in [0, 0.05) is 70.4 Å². The molecule has 0 saturated carbocycles. The molecule has 0 aliphatic carbocycles. The van der Waals surface area contributed by atoms with Gasteiger partial charge in [-0.25, -0.2) is 0 Å². The summed E-state index contributed by atoms with van der Waals surface area (Å²) in [7, 11) is 2.08. The topological polar surface area (TPSA) is 46.4 Å². The minimum atomic E-state index is 0.313. The van der Waals surface area contributed by atoms with Crippen LogP contribution in [0.5, 0.6) is 0 Å². The van der Waals surface area contributed by atoms with Gasteiger partial charge in [0.25, 0.3) is 0 Å². The number of nitrogens with zero attached hydrogens (tertiary/aromatic N) is 5. The molecule has 3 saturated heterocycles. The van der Waals surface area contributed by atoms with Crippen molar-refractivity contribution in [2.45, 2.75) is 31.3 Å². The van der Waals surface area contributed by atoms with E-state index in [0.717, 1.165) is 38.7 Å². The number of hydrogen-bond acceptors (Lipinski definition) is 5. The first-order chi connectivity index (χ1) is 13.2. The van der Waals surface area contributed by atoms with Crippen LogP contribution in [0.2, 0.25) is 0 Å². The highest BCUT2D eigenvalue weighted by molar-refractivity contribution is 5.20. The van der Waals surface area contributed by atoms with Crippen LogP contribution in [0.4, 0.5) is 0 Å². The van der Waals surface area contributed by atoms with Gasteiger partial charge in [-0.1, -0.05) is 30.3 Å². The maximum Gasteiger partial charge on any atom is 0.137 e. The third-order valence-corrected chi connectivity index (χ3v) is 6.77. The lowest BCUT2D eigenvalue weighted by molar-refractivity contribution is -0.0673. The van der Waals surface area contributed by atoms with Crippen LogP contribution in [0.25, 0.3) is 0 Å².